The van der Waals surface area contributed by atoms with Crippen LogP contribution < -0.4 is 5.56 Å². The number of carbonyl (C=O) groups is 2. The van der Waals surface area contributed by atoms with Gasteiger partial charge in [-0.25, -0.2) is 9.78 Å². The normalized spacial score (nSPS) is 14.8. The standard InChI is InChI=1S/C16H20N4O4S/c1-10-8-11(2)17-14-13(10)15(22)20(25-14)9-12(21)18-4-6-19(7-5-18)16(23)24-3/h8H,4-7,9H2,1-3H3. The number of aryl methyl sites for hydroxylation is 2. The van der Waals surface area contributed by atoms with E-state index in [1.54, 1.807) is 9.80 Å². The van der Waals surface area contributed by atoms with Gasteiger partial charge in [0.15, 0.2) is 0 Å². The van der Waals surface area contributed by atoms with E-state index in [9.17, 15) is 14.4 Å². The van der Waals surface area contributed by atoms with Gasteiger partial charge in [0.05, 0.1) is 12.5 Å². The SMILES string of the molecule is COC(=O)N1CCN(C(=O)Cn2sc3nc(C)cc(C)c3c2=O)CC1. The van der Waals surface area contributed by atoms with Gasteiger partial charge in [0, 0.05) is 31.9 Å². The first-order valence-electron chi connectivity index (χ1n) is 7.99. The average Bonchev–Trinajstić information content (AvgIpc) is 2.89. The molecule has 0 spiro atoms. The zero-order chi connectivity index (χ0) is 18.1. The van der Waals surface area contributed by atoms with Crippen molar-refractivity contribution in [2.24, 2.45) is 0 Å². The molecule has 1 aliphatic heterocycles. The van der Waals surface area contributed by atoms with Crippen LogP contribution in [0.2, 0.25) is 0 Å². The highest BCUT2D eigenvalue weighted by Gasteiger charge is 2.25. The van der Waals surface area contributed by atoms with Gasteiger partial charge >= 0.3 is 6.09 Å². The van der Waals surface area contributed by atoms with Crippen molar-refractivity contribution < 1.29 is 14.3 Å². The molecule has 25 heavy (non-hydrogen) atoms. The molecule has 1 aliphatic rings. The summed E-state index contributed by atoms with van der Waals surface area (Å²) in [6, 6.07) is 1.87. The van der Waals surface area contributed by atoms with Crippen LogP contribution in [-0.2, 0) is 16.1 Å². The van der Waals surface area contributed by atoms with Crippen LogP contribution in [0.3, 0.4) is 0 Å². The summed E-state index contributed by atoms with van der Waals surface area (Å²) in [5.74, 6) is -0.132. The van der Waals surface area contributed by atoms with Crippen molar-refractivity contribution in [1.29, 1.82) is 0 Å². The molecule has 2 aromatic heterocycles. The minimum Gasteiger partial charge on any atom is -0.453 e. The Labute approximate surface area is 148 Å². The maximum Gasteiger partial charge on any atom is 0.409 e. The second-order valence-electron chi connectivity index (χ2n) is 6.03. The summed E-state index contributed by atoms with van der Waals surface area (Å²) in [5.41, 5.74) is 1.55. The van der Waals surface area contributed by atoms with Crippen molar-refractivity contribution in [3.05, 3.63) is 27.7 Å². The lowest BCUT2D eigenvalue weighted by Gasteiger charge is -2.33. The lowest BCUT2D eigenvalue weighted by molar-refractivity contribution is -0.133. The Bertz CT molecular complexity index is 880. The number of rotatable bonds is 2. The van der Waals surface area contributed by atoms with Gasteiger partial charge in [-0.3, -0.25) is 13.5 Å². The van der Waals surface area contributed by atoms with E-state index in [2.05, 4.69) is 9.72 Å². The first kappa shape index (κ1) is 17.4. The topological polar surface area (TPSA) is 84.7 Å². The third-order valence-electron chi connectivity index (χ3n) is 4.29. The van der Waals surface area contributed by atoms with Crippen LogP contribution in [0.25, 0.3) is 10.2 Å². The van der Waals surface area contributed by atoms with Crippen molar-refractivity contribution in [3.8, 4) is 0 Å². The van der Waals surface area contributed by atoms with E-state index >= 15 is 0 Å². The monoisotopic (exact) mass is 364 g/mol. The van der Waals surface area contributed by atoms with Gasteiger partial charge in [0.1, 0.15) is 11.4 Å². The Kier molecular flexibility index (Phi) is 4.76. The Morgan fingerprint density at radius 3 is 2.48 bits per heavy atom. The number of fused-ring (bicyclic) bond motifs is 1. The van der Waals surface area contributed by atoms with E-state index < -0.39 is 0 Å². The highest BCUT2D eigenvalue weighted by molar-refractivity contribution is 7.13. The number of nitrogens with zero attached hydrogens (tertiary/aromatic N) is 4. The number of carbonyl (C=O) groups excluding carboxylic acids is 2. The maximum atomic E-state index is 12.6. The molecule has 3 rings (SSSR count). The van der Waals surface area contributed by atoms with Crippen LogP contribution in [0.1, 0.15) is 11.3 Å². The highest BCUT2D eigenvalue weighted by Crippen LogP contribution is 2.19. The molecule has 0 bridgehead atoms. The molecule has 2 amide bonds. The van der Waals surface area contributed by atoms with E-state index in [4.69, 9.17) is 0 Å². The molecule has 1 fully saturated rings. The molecule has 0 aliphatic carbocycles. The summed E-state index contributed by atoms with van der Waals surface area (Å²) in [4.78, 5) is 44.8. The molecule has 8 nitrogen and oxygen atoms in total. The fraction of sp³-hybridized carbons (Fsp3) is 0.500. The van der Waals surface area contributed by atoms with Crippen LogP contribution in [0.4, 0.5) is 4.79 Å². The predicted molar refractivity (Wildman–Crippen MR) is 93.9 cm³/mol. The third kappa shape index (κ3) is 3.37. The van der Waals surface area contributed by atoms with Gasteiger partial charge in [-0.15, -0.1) is 0 Å². The molecule has 0 aromatic carbocycles. The number of hydrogen-bond donors (Lipinski definition) is 0. The lowest BCUT2D eigenvalue weighted by atomic mass is 10.2. The molecule has 134 valence electrons. The van der Waals surface area contributed by atoms with Crippen LogP contribution in [0, 0.1) is 13.8 Å². The second kappa shape index (κ2) is 6.83. The molecule has 0 N–H and O–H groups in total. The van der Waals surface area contributed by atoms with E-state index in [0.717, 1.165) is 11.3 Å². The molecule has 3 heterocycles. The number of pyridine rings is 1. The van der Waals surface area contributed by atoms with E-state index in [0.29, 0.717) is 36.4 Å². The zero-order valence-electron chi connectivity index (χ0n) is 14.4. The number of ether oxygens (including phenoxy) is 1. The molecule has 9 heteroatoms. The Hall–Kier alpha value is -2.42. The summed E-state index contributed by atoms with van der Waals surface area (Å²) >= 11 is 1.21. The molecule has 0 radical (unpaired) electrons. The quantitative estimate of drug-likeness (QED) is 0.793. The summed E-state index contributed by atoms with van der Waals surface area (Å²) < 4.78 is 6.14. The first-order chi connectivity index (χ1) is 11.9. The summed E-state index contributed by atoms with van der Waals surface area (Å²) in [6.45, 7) is 5.49. The smallest absolute Gasteiger partial charge is 0.409 e. The predicted octanol–water partition coefficient (Wildman–Crippen LogP) is 0.985. The fourth-order valence-corrected chi connectivity index (χ4v) is 4.08. The average molecular weight is 364 g/mol. The van der Waals surface area contributed by atoms with Gasteiger partial charge < -0.3 is 14.5 Å². The van der Waals surface area contributed by atoms with Crippen molar-refractivity contribution in [3.63, 3.8) is 0 Å². The number of aromatic nitrogens is 2. The van der Waals surface area contributed by atoms with Crippen LogP contribution >= 0.6 is 11.5 Å². The number of amides is 2. The van der Waals surface area contributed by atoms with E-state index in [-0.39, 0.29) is 24.1 Å². The minimum atomic E-state index is -0.384. The lowest BCUT2D eigenvalue weighted by Crippen LogP contribution is -2.51. The van der Waals surface area contributed by atoms with Crippen LogP contribution in [-0.4, -0.2) is 64.0 Å². The van der Waals surface area contributed by atoms with Crippen molar-refractivity contribution in [1.82, 2.24) is 18.7 Å². The number of hydrogen-bond acceptors (Lipinski definition) is 6. The van der Waals surface area contributed by atoms with Crippen molar-refractivity contribution >= 4 is 33.7 Å². The Balaban J connectivity index is 1.73. The second-order valence-corrected chi connectivity index (χ2v) is 7.04. The van der Waals surface area contributed by atoms with Gasteiger partial charge in [-0.05, 0) is 37.0 Å². The van der Waals surface area contributed by atoms with Gasteiger partial charge in [0.2, 0.25) is 5.91 Å². The summed E-state index contributed by atoms with van der Waals surface area (Å²) in [6.07, 6.45) is -0.384. The molecular weight excluding hydrogens is 344 g/mol. The molecule has 0 atom stereocenters. The van der Waals surface area contributed by atoms with Crippen molar-refractivity contribution in [2.75, 3.05) is 33.3 Å². The number of methoxy groups -OCH3 is 1. The number of piperazine rings is 1. The highest BCUT2D eigenvalue weighted by atomic mass is 32.1. The van der Waals surface area contributed by atoms with Crippen LogP contribution in [0.5, 0.6) is 0 Å². The fourth-order valence-electron chi connectivity index (χ4n) is 2.99. The summed E-state index contributed by atoms with van der Waals surface area (Å²) in [5, 5.41) is 0.582. The van der Waals surface area contributed by atoms with Crippen molar-refractivity contribution in [2.45, 2.75) is 20.4 Å². The van der Waals surface area contributed by atoms with E-state index in [1.165, 1.54) is 22.6 Å². The molecular formula is C16H20N4O4S. The molecule has 1 saturated heterocycles. The van der Waals surface area contributed by atoms with Gasteiger partial charge in [0.25, 0.3) is 5.56 Å². The Morgan fingerprint density at radius 1 is 1.20 bits per heavy atom. The summed E-state index contributed by atoms with van der Waals surface area (Å²) in [7, 11) is 1.34. The minimum absolute atomic E-state index is 0.00340. The molecule has 0 unspecified atom stereocenters. The first-order valence-corrected chi connectivity index (χ1v) is 8.76. The van der Waals surface area contributed by atoms with Gasteiger partial charge in [-0.2, -0.15) is 0 Å². The van der Waals surface area contributed by atoms with Crippen LogP contribution in [0.15, 0.2) is 10.9 Å². The molecule has 0 saturated carbocycles. The zero-order valence-corrected chi connectivity index (χ0v) is 15.3. The van der Waals surface area contributed by atoms with E-state index in [1.807, 2.05) is 19.9 Å². The maximum absolute atomic E-state index is 12.6. The third-order valence-corrected chi connectivity index (χ3v) is 5.28. The Morgan fingerprint density at radius 2 is 1.84 bits per heavy atom. The molecule has 2 aromatic rings. The largest absolute Gasteiger partial charge is 0.453 e. The van der Waals surface area contributed by atoms with Gasteiger partial charge in [-0.1, -0.05) is 0 Å².